The Bertz CT molecular complexity index is 878. The van der Waals surface area contributed by atoms with Crippen molar-refractivity contribution in [2.24, 2.45) is 0 Å². The molecule has 5 rings (SSSR count). The molecule has 144 valence electrons. The van der Waals surface area contributed by atoms with Gasteiger partial charge in [0.25, 0.3) is 0 Å². The van der Waals surface area contributed by atoms with Crippen molar-refractivity contribution in [1.82, 2.24) is 16.0 Å². The molecule has 3 heterocycles. The molecule has 1 aromatic carbocycles. The fourth-order valence-corrected chi connectivity index (χ4v) is 5.27. The fraction of sp³-hybridized carbons (Fsp3) is 0.524. The SMILES string of the molecule is C=C1Nc2c(Cl)cc3cc(CNC4CCNC4)oc3c2C2(CCCCC2)N1. The fourth-order valence-electron chi connectivity index (χ4n) is 5.01. The molecule has 2 fully saturated rings. The molecule has 1 aromatic heterocycles. The molecule has 3 aliphatic rings. The van der Waals surface area contributed by atoms with E-state index in [1.165, 1.54) is 31.2 Å². The number of anilines is 1. The minimum Gasteiger partial charge on any atom is -0.459 e. The van der Waals surface area contributed by atoms with E-state index in [-0.39, 0.29) is 5.54 Å². The molecule has 0 amide bonds. The molecular weight excluding hydrogens is 360 g/mol. The van der Waals surface area contributed by atoms with E-state index in [4.69, 9.17) is 16.0 Å². The highest BCUT2D eigenvalue weighted by Crippen LogP contribution is 2.49. The summed E-state index contributed by atoms with van der Waals surface area (Å²) in [6.07, 6.45) is 7.02. The summed E-state index contributed by atoms with van der Waals surface area (Å²) >= 11 is 6.68. The second-order valence-electron chi connectivity index (χ2n) is 8.18. The third-order valence-electron chi connectivity index (χ3n) is 6.29. The number of halogens is 1. The Morgan fingerprint density at radius 3 is 2.89 bits per heavy atom. The van der Waals surface area contributed by atoms with E-state index >= 15 is 0 Å². The average Bonchev–Trinajstić information content (AvgIpc) is 3.30. The van der Waals surface area contributed by atoms with Crippen LogP contribution in [0.2, 0.25) is 5.02 Å². The standard InChI is InChI=1S/C21H27ClN4O/c1-13-25-19-17(22)10-14-9-16(12-24-15-5-8-23-11-15)27-20(14)18(19)21(26-13)6-3-2-4-7-21/h9-10,15,23-26H,1-8,11-12H2. The number of benzene rings is 1. The van der Waals surface area contributed by atoms with E-state index in [9.17, 15) is 0 Å². The monoisotopic (exact) mass is 386 g/mol. The molecule has 1 saturated carbocycles. The van der Waals surface area contributed by atoms with Crippen LogP contribution in [0, 0.1) is 0 Å². The van der Waals surface area contributed by atoms with Gasteiger partial charge in [0, 0.05) is 23.5 Å². The first-order chi connectivity index (χ1) is 13.1. The molecule has 27 heavy (non-hydrogen) atoms. The zero-order valence-electron chi connectivity index (χ0n) is 15.6. The third kappa shape index (κ3) is 3.02. The maximum Gasteiger partial charge on any atom is 0.142 e. The van der Waals surface area contributed by atoms with Gasteiger partial charge in [0.1, 0.15) is 11.3 Å². The smallest absolute Gasteiger partial charge is 0.142 e. The average molecular weight is 387 g/mol. The lowest BCUT2D eigenvalue weighted by Gasteiger charge is -2.44. The van der Waals surface area contributed by atoms with E-state index in [0.717, 1.165) is 65.7 Å². The maximum atomic E-state index is 6.68. The van der Waals surface area contributed by atoms with Gasteiger partial charge in [0.05, 0.1) is 28.6 Å². The quantitative estimate of drug-likeness (QED) is 0.637. The van der Waals surface area contributed by atoms with Crippen molar-refractivity contribution in [2.45, 2.75) is 56.7 Å². The molecular formula is C21H27ClN4O. The molecule has 1 aliphatic carbocycles. The van der Waals surface area contributed by atoms with Crippen LogP contribution in [0.1, 0.15) is 49.8 Å². The van der Waals surface area contributed by atoms with Gasteiger partial charge in [-0.3, -0.25) is 0 Å². The largest absolute Gasteiger partial charge is 0.459 e. The second-order valence-corrected chi connectivity index (χ2v) is 8.59. The van der Waals surface area contributed by atoms with Crippen LogP contribution < -0.4 is 21.3 Å². The van der Waals surface area contributed by atoms with Crippen molar-refractivity contribution in [2.75, 3.05) is 18.4 Å². The number of rotatable bonds is 3. The van der Waals surface area contributed by atoms with Crippen LogP contribution in [0.15, 0.2) is 28.9 Å². The molecule has 2 aliphatic heterocycles. The topological polar surface area (TPSA) is 61.3 Å². The second kappa shape index (κ2) is 6.73. The Labute approximate surface area is 164 Å². The Morgan fingerprint density at radius 1 is 1.26 bits per heavy atom. The molecule has 0 bridgehead atoms. The summed E-state index contributed by atoms with van der Waals surface area (Å²) in [7, 11) is 0. The van der Waals surface area contributed by atoms with Crippen molar-refractivity contribution in [1.29, 1.82) is 0 Å². The van der Waals surface area contributed by atoms with Gasteiger partial charge in [-0.05, 0) is 37.9 Å². The van der Waals surface area contributed by atoms with Crippen molar-refractivity contribution < 1.29 is 4.42 Å². The summed E-state index contributed by atoms with van der Waals surface area (Å²) in [6, 6.07) is 4.67. The predicted molar refractivity (Wildman–Crippen MR) is 110 cm³/mol. The van der Waals surface area contributed by atoms with E-state index in [0.29, 0.717) is 6.04 Å². The first-order valence-corrected chi connectivity index (χ1v) is 10.5. The highest BCUT2D eigenvalue weighted by molar-refractivity contribution is 6.34. The van der Waals surface area contributed by atoms with Gasteiger partial charge in [-0.25, -0.2) is 0 Å². The van der Waals surface area contributed by atoms with E-state index in [1.807, 2.05) is 6.07 Å². The Balaban J connectivity index is 1.56. The minimum atomic E-state index is -0.128. The molecule has 6 heteroatoms. The lowest BCUT2D eigenvalue weighted by atomic mass is 9.74. The number of nitrogens with one attached hydrogen (secondary N) is 4. The maximum absolute atomic E-state index is 6.68. The van der Waals surface area contributed by atoms with Crippen LogP contribution in [0.5, 0.6) is 0 Å². The van der Waals surface area contributed by atoms with Gasteiger partial charge < -0.3 is 25.7 Å². The molecule has 4 N–H and O–H groups in total. The summed E-state index contributed by atoms with van der Waals surface area (Å²) in [4.78, 5) is 0. The molecule has 1 atom stereocenters. The molecule has 1 unspecified atom stereocenters. The van der Waals surface area contributed by atoms with Crippen molar-refractivity contribution in [3.63, 3.8) is 0 Å². The Morgan fingerprint density at radius 2 is 2.11 bits per heavy atom. The lowest BCUT2D eigenvalue weighted by molar-refractivity contribution is 0.250. The van der Waals surface area contributed by atoms with Crippen molar-refractivity contribution in [3.8, 4) is 0 Å². The van der Waals surface area contributed by atoms with E-state index < -0.39 is 0 Å². The Kier molecular flexibility index (Phi) is 4.34. The van der Waals surface area contributed by atoms with Gasteiger partial charge in [0.15, 0.2) is 0 Å². The Hall–Kier alpha value is -1.69. The number of fused-ring (bicyclic) bond motifs is 4. The lowest BCUT2D eigenvalue weighted by Crippen LogP contribution is -2.48. The molecule has 5 nitrogen and oxygen atoms in total. The van der Waals surface area contributed by atoms with Crippen LogP contribution in [0.25, 0.3) is 11.0 Å². The number of hydrogen-bond acceptors (Lipinski definition) is 5. The number of furan rings is 1. The summed E-state index contributed by atoms with van der Waals surface area (Å²) in [5, 5.41) is 15.8. The first-order valence-electron chi connectivity index (χ1n) is 10.1. The molecule has 0 radical (unpaired) electrons. The van der Waals surface area contributed by atoms with E-state index in [2.05, 4.69) is 33.9 Å². The predicted octanol–water partition coefficient (Wildman–Crippen LogP) is 4.18. The van der Waals surface area contributed by atoms with Crippen LogP contribution in [-0.2, 0) is 12.1 Å². The third-order valence-corrected chi connectivity index (χ3v) is 6.59. The van der Waals surface area contributed by atoms with Crippen LogP contribution >= 0.6 is 11.6 Å². The summed E-state index contributed by atoms with van der Waals surface area (Å²) in [6.45, 7) is 7.00. The van der Waals surface area contributed by atoms with Crippen LogP contribution in [-0.4, -0.2) is 19.1 Å². The van der Waals surface area contributed by atoms with Gasteiger partial charge in [0.2, 0.25) is 0 Å². The van der Waals surface area contributed by atoms with E-state index in [1.54, 1.807) is 0 Å². The van der Waals surface area contributed by atoms with Gasteiger partial charge >= 0.3 is 0 Å². The normalized spacial score (nSPS) is 24.0. The van der Waals surface area contributed by atoms with Crippen molar-refractivity contribution in [3.05, 3.63) is 40.9 Å². The summed E-state index contributed by atoms with van der Waals surface area (Å²) in [5.74, 6) is 1.80. The number of hydrogen-bond donors (Lipinski definition) is 4. The van der Waals surface area contributed by atoms with Crippen LogP contribution in [0.4, 0.5) is 5.69 Å². The first kappa shape index (κ1) is 17.4. The molecule has 1 spiro atoms. The highest BCUT2D eigenvalue weighted by Gasteiger charge is 2.42. The van der Waals surface area contributed by atoms with Gasteiger partial charge in [-0.1, -0.05) is 37.4 Å². The minimum absolute atomic E-state index is 0.128. The zero-order valence-corrected chi connectivity index (χ0v) is 16.3. The van der Waals surface area contributed by atoms with Crippen LogP contribution in [0.3, 0.4) is 0 Å². The van der Waals surface area contributed by atoms with Gasteiger partial charge in [-0.2, -0.15) is 0 Å². The molecule has 2 aromatic rings. The van der Waals surface area contributed by atoms with Crippen molar-refractivity contribution >= 4 is 28.3 Å². The highest BCUT2D eigenvalue weighted by atomic mass is 35.5. The summed E-state index contributed by atoms with van der Waals surface area (Å²) < 4.78 is 6.39. The summed E-state index contributed by atoms with van der Waals surface area (Å²) in [5.41, 5.74) is 2.98. The molecule has 1 saturated heterocycles. The van der Waals surface area contributed by atoms with Gasteiger partial charge in [-0.15, -0.1) is 0 Å². The zero-order chi connectivity index (χ0) is 18.4.